The molecule has 0 fully saturated rings. The maximum absolute atomic E-state index is 14.0. The molecule has 3 aromatic rings. The van der Waals surface area contributed by atoms with Gasteiger partial charge in [-0.05, 0) is 48.9 Å². The van der Waals surface area contributed by atoms with Crippen molar-refractivity contribution in [2.75, 3.05) is 6.61 Å². The number of carbonyl (C=O) groups excluding carboxylic acids is 1. The second-order valence-electron chi connectivity index (χ2n) is 6.54. The van der Waals surface area contributed by atoms with Gasteiger partial charge in [0, 0.05) is 17.3 Å². The Morgan fingerprint density at radius 2 is 1.55 bits per heavy atom. The molecule has 3 aromatic carbocycles. The maximum atomic E-state index is 14.0. The van der Waals surface area contributed by atoms with E-state index in [1.54, 1.807) is 67.6 Å². The Bertz CT molecular complexity index is 978. The minimum Gasteiger partial charge on any atom is -0.339 e. The molecule has 150 valence electrons. The number of hydrogen-bond donors (Lipinski definition) is 1. The SMILES string of the molecule is CCOP(=O)(c1ccccc1)C(Cc1ccc(F)cc1)NC(=O)c1ccccc1. The average molecular weight is 411 g/mol. The topological polar surface area (TPSA) is 55.4 Å². The Balaban J connectivity index is 1.98. The molecule has 0 radical (unpaired) electrons. The summed E-state index contributed by atoms with van der Waals surface area (Å²) in [5.74, 6) is -1.49. The van der Waals surface area contributed by atoms with Gasteiger partial charge in [-0.1, -0.05) is 48.5 Å². The van der Waals surface area contributed by atoms with E-state index in [1.807, 2.05) is 12.1 Å². The van der Waals surface area contributed by atoms with Crippen LogP contribution in [0.2, 0.25) is 0 Å². The number of benzene rings is 3. The highest BCUT2D eigenvalue weighted by molar-refractivity contribution is 7.67. The molecule has 0 spiro atoms. The summed E-state index contributed by atoms with van der Waals surface area (Å²) in [6.45, 7) is 2.00. The molecule has 0 aliphatic carbocycles. The van der Waals surface area contributed by atoms with Crippen molar-refractivity contribution in [1.29, 1.82) is 0 Å². The van der Waals surface area contributed by atoms with Crippen molar-refractivity contribution < 1.29 is 18.3 Å². The summed E-state index contributed by atoms with van der Waals surface area (Å²) in [6, 6.07) is 23.6. The van der Waals surface area contributed by atoms with E-state index in [9.17, 15) is 13.8 Å². The van der Waals surface area contributed by atoms with Gasteiger partial charge in [0.25, 0.3) is 13.3 Å². The van der Waals surface area contributed by atoms with E-state index >= 15 is 0 Å². The number of amides is 1. The third-order valence-electron chi connectivity index (χ3n) is 4.52. The van der Waals surface area contributed by atoms with Crippen molar-refractivity contribution in [2.24, 2.45) is 0 Å². The molecule has 2 atom stereocenters. The minimum atomic E-state index is -3.46. The van der Waals surface area contributed by atoms with Gasteiger partial charge in [-0.15, -0.1) is 0 Å². The molecule has 0 aromatic heterocycles. The number of carbonyl (C=O) groups is 1. The summed E-state index contributed by atoms with van der Waals surface area (Å²) in [5.41, 5.74) is 1.22. The minimum absolute atomic E-state index is 0.229. The Labute approximate surface area is 170 Å². The van der Waals surface area contributed by atoms with Crippen LogP contribution in [0.1, 0.15) is 22.8 Å². The molecule has 0 aliphatic rings. The fourth-order valence-electron chi connectivity index (χ4n) is 3.10. The lowest BCUT2D eigenvalue weighted by Crippen LogP contribution is -2.39. The van der Waals surface area contributed by atoms with Gasteiger partial charge in [0.1, 0.15) is 11.6 Å². The summed E-state index contributed by atoms with van der Waals surface area (Å²) >= 11 is 0. The number of nitrogens with one attached hydrogen (secondary N) is 1. The fourth-order valence-corrected chi connectivity index (χ4v) is 5.49. The monoisotopic (exact) mass is 411 g/mol. The number of rotatable bonds is 8. The Morgan fingerprint density at radius 1 is 0.966 bits per heavy atom. The largest absolute Gasteiger partial charge is 0.339 e. The van der Waals surface area contributed by atoms with Crippen molar-refractivity contribution in [1.82, 2.24) is 5.32 Å². The van der Waals surface area contributed by atoms with Crippen LogP contribution < -0.4 is 10.6 Å². The van der Waals surface area contributed by atoms with E-state index in [0.29, 0.717) is 10.9 Å². The van der Waals surface area contributed by atoms with Crippen molar-refractivity contribution in [3.05, 3.63) is 102 Å². The van der Waals surface area contributed by atoms with Gasteiger partial charge in [-0.3, -0.25) is 9.36 Å². The lowest BCUT2D eigenvalue weighted by molar-refractivity contribution is 0.0945. The molecule has 1 N–H and O–H groups in total. The lowest BCUT2D eigenvalue weighted by atomic mass is 10.1. The predicted molar refractivity (Wildman–Crippen MR) is 113 cm³/mol. The highest BCUT2D eigenvalue weighted by Crippen LogP contribution is 2.50. The van der Waals surface area contributed by atoms with Crippen LogP contribution >= 0.6 is 7.37 Å². The first-order chi connectivity index (χ1) is 14.0. The Morgan fingerprint density at radius 3 is 2.14 bits per heavy atom. The van der Waals surface area contributed by atoms with Gasteiger partial charge in [0.15, 0.2) is 0 Å². The molecular weight excluding hydrogens is 388 g/mol. The summed E-state index contributed by atoms with van der Waals surface area (Å²) < 4.78 is 33.1. The molecule has 0 saturated heterocycles. The number of hydrogen-bond acceptors (Lipinski definition) is 3. The van der Waals surface area contributed by atoms with Gasteiger partial charge < -0.3 is 9.84 Å². The Kier molecular flexibility index (Phi) is 6.97. The van der Waals surface area contributed by atoms with Crippen LogP contribution in [0.25, 0.3) is 0 Å². The first-order valence-electron chi connectivity index (χ1n) is 9.43. The van der Waals surface area contributed by atoms with E-state index in [4.69, 9.17) is 4.52 Å². The van der Waals surface area contributed by atoms with E-state index in [-0.39, 0.29) is 24.8 Å². The van der Waals surface area contributed by atoms with Gasteiger partial charge in [0.2, 0.25) is 0 Å². The molecule has 2 unspecified atom stereocenters. The van der Waals surface area contributed by atoms with Gasteiger partial charge in [-0.2, -0.15) is 0 Å². The molecule has 0 heterocycles. The van der Waals surface area contributed by atoms with Crippen LogP contribution in [0, 0.1) is 5.82 Å². The quantitative estimate of drug-likeness (QED) is 0.544. The third kappa shape index (κ3) is 5.20. The molecule has 0 aliphatic heterocycles. The maximum Gasteiger partial charge on any atom is 0.254 e. The first-order valence-corrected chi connectivity index (χ1v) is 11.1. The molecule has 3 rings (SSSR count). The van der Waals surface area contributed by atoms with Crippen LogP contribution in [-0.2, 0) is 15.5 Å². The summed E-state index contributed by atoms with van der Waals surface area (Å²) in [5, 5.41) is 3.43. The lowest BCUT2D eigenvalue weighted by Gasteiger charge is -2.28. The van der Waals surface area contributed by atoms with E-state index < -0.39 is 13.2 Å². The van der Waals surface area contributed by atoms with E-state index in [1.165, 1.54) is 12.1 Å². The zero-order valence-corrected chi connectivity index (χ0v) is 17.0. The van der Waals surface area contributed by atoms with Gasteiger partial charge in [-0.25, -0.2) is 4.39 Å². The normalized spacial score (nSPS) is 14.0. The zero-order chi connectivity index (χ0) is 20.7. The summed E-state index contributed by atoms with van der Waals surface area (Å²) in [7, 11) is -3.46. The standard InChI is InChI=1S/C23H23FNO3P/c1-2-28-29(27,21-11-7-4-8-12-21)22(17-18-13-15-20(24)16-14-18)25-23(26)19-9-5-3-6-10-19/h3-16,22H,2,17H2,1H3,(H,25,26). The Hall–Kier alpha value is -2.75. The second kappa shape index (κ2) is 9.64. The zero-order valence-electron chi connectivity index (χ0n) is 16.1. The van der Waals surface area contributed by atoms with E-state index in [0.717, 1.165) is 5.56 Å². The van der Waals surface area contributed by atoms with Crippen LogP contribution in [0.4, 0.5) is 4.39 Å². The van der Waals surface area contributed by atoms with Crippen LogP contribution in [-0.4, -0.2) is 18.3 Å². The third-order valence-corrected chi connectivity index (χ3v) is 7.32. The van der Waals surface area contributed by atoms with Gasteiger partial charge in [0.05, 0.1) is 6.61 Å². The molecule has 0 bridgehead atoms. The van der Waals surface area contributed by atoms with Crippen molar-refractivity contribution in [3.63, 3.8) is 0 Å². The highest BCUT2D eigenvalue weighted by Gasteiger charge is 2.37. The van der Waals surface area contributed by atoms with Crippen LogP contribution in [0.5, 0.6) is 0 Å². The molecule has 6 heteroatoms. The van der Waals surface area contributed by atoms with E-state index in [2.05, 4.69) is 5.32 Å². The van der Waals surface area contributed by atoms with Gasteiger partial charge >= 0.3 is 0 Å². The molecule has 1 amide bonds. The van der Waals surface area contributed by atoms with Crippen molar-refractivity contribution in [3.8, 4) is 0 Å². The smallest absolute Gasteiger partial charge is 0.254 e. The molecule has 4 nitrogen and oxygen atoms in total. The number of halogens is 1. The summed E-state index contributed by atoms with van der Waals surface area (Å²) in [6.07, 6.45) is 0.241. The fraction of sp³-hybridized carbons (Fsp3) is 0.174. The average Bonchev–Trinajstić information content (AvgIpc) is 2.76. The molecule has 0 saturated carbocycles. The van der Waals surface area contributed by atoms with Crippen LogP contribution in [0.3, 0.4) is 0 Å². The van der Waals surface area contributed by atoms with Crippen molar-refractivity contribution in [2.45, 2.75) is 19.1 Å². The van der Waals surface area contributed by atoms with Crippen LogP contribution in [0.15, 0.2) is 84.9 Å². The predicted octanol–water partition coefficient (Wildman–Crippen LogP) is 4.76. The highest BCUT2D eigenvalue weighted by atomic mass is 31.2. The molecular formula is C23H23FNO3P. The second-order valence-corrected chi connectivity index (χ2v) is 9.13. The first kappa shape index (κ1) is 21.0. The summed E-state index contributed by atoms with van der Waals surface area (Å²) in [4.78, 5) is 12.8. The molecule has 29 heavy (non-hydrogen) atoms. The van der Waals surface area contributed by atoms with Crippen molar-refractivity contribution >= 4 is 18.6 Å².